The number of carbonyl (C=O) groups is 1. The van der Waals surface area contributed by atoms with Crippen LogP contribution in [0.4, 0.5) is 5.95 Å². The minimum atomic E-state index is -0.0712. The lowest BCUT2D eigenvalue weighted by molar-refractivity contribution is 0.0954. The maximum absolute atomic E-state index is 12.7. The SMILES string of the molecule is Nc1nccc(-c2ccc3nc(C4COc5ccc(C(=O)NCCc6cccs6)cc5C4)[nH]c3c2)n1. The first-order valence-corrected chi connectivity index (χ1v) is 12.7. The molecule has 2 aromatic carbocycles. The minimum Gasteiger partial charge on any atom is -0.493 e. The summed E-state index contributed by atoms with van der Waals surface area (Å²) in [5, 5.41) is 5.07. The van der Waals surface area contributed by atoms with Crippen molar-refractivity contribution in [2.75, 3.05) is 18.9 Å². The molecular weight excluding hydrogens is 472 g/mol. The monoisotopic (exact) mass is 496 g/mol. The van der Waals surface area contributed by atoms with E-state index in [2.05, 4.69) is 26.3 Å². The lowest BCUT2D eigenvalue weighted by atomic mass is 9.94. The van der Waals surface area contributed by atoms with Crippen LogP contribution in [0.15, 0.2) is 66.2 Å². The van der Waals surface area contributed by atoms with Gasteiger partial charge in [0, 0.05) is 28.7 Å². The number of aromatic amines is 1. The molecule has 6 rings (SSSR count). The number of nitrogens with zero attached hydrogens (tertiary/aromatic N) is 3. The Morgan fingerprint density at radius 3 is 2.97 bits per heavy atom. The number of nitrogens with two attached hydrogens (primary N) is 1. The van der Waals surface area contributed by atoms with E-state index in [1.54, 1.807) is 17.5 Å². The van der Waals surface area contributed by atoms with Gasteiger partial charge in [-0.25, -0.2) is 15.0 Å². The summed E-state index contributed by atoms with van der Waals surface area (Å²) in [6.07, 6.45) is 3.22. The number of imidazole rings is 1. The fourth-order valence-corrected chi connectivity index (χ4v) is 5.19. The van der Waals surface area contributed by atoms with Gasteiger partial charge in [0.25, 0.3) is 5.91 Å². The molecule has 4 N–H and O–H groups in total. The quantitative estimate of drug-likeness (QED) is 0.322. The molecule has 5 aromatic rings. The summed E-state index contributed by atoms with van der Waals surface area (Å²) >= 11 is 1.70. The predicted octanol–water partition coefficient (Wildman–Crippen LogP) is 4.35. The molecule has 3 aromatic heterocycles. The van der Waals surface area contributed by atoms with Crippen molar-refractivity contribution >= 4 is 34.2 Å². The standard InChI is InChI=1S/C27H24N6O2S/c28-27-30-10-8-21(33-27)16-3-5-22-23(14-16)32-25(31-22)19-13-18-12-17(4-6-24(18)35-15-19)26(34)29-9-7-20-2-1-11-36-20/h1-6,8,10-12,14,19H,7,9,13,15H2,(H,29,34)(H,31,32)(H2,28,30,33). The van der Waals surface area contributed by atoms with Gasteiger partial charge in [0.15, 0.2) is 0 Å². The van der Waals surface area contributed by atoms with Crippen LogP contribution in [0.2, 0.25) is 0 Å². The van der Waals surface area contributed by atoms with Gasteiger partial charge >= 0.3 is 0 Å². The molecule has 1 aliphatic rings. The molecule has 0 fully saturated rings. The number of anilines is 1. The molecule has 1 amide bonds. The van der Waals surface area contributed by atoms with Crippen LogP contribution in [0, 0.1) is 0 Å². The van der Waals surface area contributed by atoms with E-state index in [0.717, 1.165) is 52.3 Å². The summed E-state index contributed by atoms with van der Waals surface area (Å²) in [5.74, 6) is 1.91. The summed E-state index contributed by atoms with van der Waals surface area (Å²) < 4.78 is 6.04. The lowest BCUT2D eigenvalue weighted by Gasteiger charge is -2.24. The average molecular weight is 497 g/mol. The van der Waals surface area contributed by atoms with Gasteiger partial charge in [0.2, 0.25) is 5.95 Å². The van der Waals surface area contributed by atoms with E-state index in [9.17, 15) is 4.79 Å². The largest absolute Gasteiger partial charge is 0.493 e. The smallest absolute Gasteiger partial charge is 0.251 e. The summed E-state index contributed by atoms with van der Waals surface area (Å²) in [6, 6.07) is 17.5. The first-order chi connectivity index (χ1) is 17.6. The third-order valence-electron chi connectivity index (χ3n) is 6.32. The number of nitrogens with one attached hydrogen (secondary N) is 2. The molecule has 36 heavy (non-hydrogen) atoms. The number of hydrogen-bond donors (Lipinski definition) is 3. The highest BCUT2D eigenvalue weighted by atomic mass is 32.1. The van der Waals surface area contributed by atoms with Crippen molar-refractivity contribution < 1.29 is 9.53 Å². The molecule has 1 atom stereocenters. The zero-order valence-corrected chi connectivity index (χ0v) is 20.2. The van der Waals surface area contributed by atoms with Gasteiger partial charge in [-0.3, -0.25) is 4.79 Å². The van der Waals surface area contributed by atoms with Crippen LogP contribution in [0.3, 0.4) is 0 Å². The average Bonchev–Trinajstić information content (AvgIpc) is 3.57. The van der Waals surface area contributed by atoms with Crippen LogP contribution >= 0.6 is 11.3 Å². The molecule has 0 saturated carbocycles. The molecule has 4 heterocycles. The summed E-state index contributed by atoms with van der Waals surface area (Å²) in [5.41, 5.74) is 10.9. The Bertz CT molecular complexity index is 1550. The van der Waals surface area contributed by atoms with Crippen molar-refractivity contribution in [3.63, 3.8) is 0 Å². The topological polar surface area (TPSA) is 119 Å². The molecule has 1 unspecified atom stereocenters. The van der Waals surface area contributed by atoms with Crippen LogP contribution in [-0.4, -0.2) is 39.0 Å². The fourth-order valence-electron chi connectivity index (χ4n) is 4.48. The van der Waals surface area contributed by atoms with Crippen LogP contribution in [-0.2, 0) is 12.8 Å². The van der Waals surface area contributed by atoms with Gasteiger partial charge in [-0.15, -0.1) is 11.3 Å². The second-order valence-electron chi connectivity index (χ2n) is 8.77. The fraction of sp³-hybridized carbons (Fsp3) is 0.185. The number of amides is 1. The summed E-state index contributed by atoms with van der Waals surface area (Å²) in [6.45, 7) is 1.13. The van der Waals surface area contributed by atoms with Crippen LogP contribution < -0.4 is 15.8 Å². The Morgan fingerprint density at radius 1 is 1.17 bits per heavy atom. The number of carbonyl (C=O) groups excluding carboxylic acids is 1. The number of H-pyrrole nitrogens is 1. The molecule has 180 valence electrons. The second-order valence-corrected chi connectivity index (χ2v) is 9.81. The molecule has 9 heteroatoms. The number of aromatic nitrogens is 4. The maximum atomic E-state index is 12.7. The molecule has 0 spiro atoms. The first-order valence-electron chi connectivity index (χ1n) is 11.8. The van der Waals surface area contributed by atoms with E-state index >= 15 is 0 Å². The summed E-state index contributed by atoms with van der Waals surface area (Å²) in [7, 11) is 0. The van der Waals surface area contributed by atoms with Gasteiger partial charge in [-0.2, -0.15) is 0 Å². The van der Waals surface area contributed by atoms with Crippen molar-refractivity contribution in [3.05, 3.63) is 88.0 Å². The molecule has 8 nitrogen and oxygen atoms in total. The molecular formula is C27H24N6O2S. The van der Waals surface area contributed by atoms with Gasteiger partial charge in [0.05, 0.1) is 29.3 Å². The van der Waals surface area contributed by atoms with Gasteiger partial charge in [0.1, 0.15) is 11.6 Å². The Morgan fingerprint density at radius 2 is 2.11 bits per heavy atom. The third kappa shape index (κ3) is 4.52. The van der Waals surface area contributed by atoms with Gasteiger partial charge in [-0.1, -0.05) is 12.1 Å². The van der Waals surface area contributed by atoms with E-state index in [-0.39, 0.29) is 17.8 Å². The molecule has 1 aliphatic heterocycles. The highest BCUT2D eigenvalue weighted by Crippen LogP contribution is 2.33. The predicted molar refractivity (Wildman–Crippen MR) is 140 cm³/mol. The van der Waals surface area contributed by atoms with Crippen LogP contribution in [0.1, 0.15) is 32.5 Å². The highest BCUT2D eigenvalue weighted by Gasteiger charge is 2.25. The van der Waals surface area contributed by atoms with E-state index in [1.165, 1.54) is 4.88 Å². The Labute approximate surface area is 211 Å². The number of thiophene rings is 1. The molecule has 0 radical (unpaired) electrons. The van der Waals surface area contributed by atoms with Crippen molar-refractivity contribution in [1.29, 1.82) is 0 Å². The second kappa shape index (κ2) is 9.43. The highest BCUT2D eigenvalue weighted by molar-refractivity contribution is 7.09. The third-order valence-corrected chi connectivity index (χ3v) is 7.26. The van der Waals surface area contributed by atoms with Crippen molar-refractivity contribution in [2.45, 2.75) is 18.8 Å². The Hall–Kier alpha value is -4.24. The number of nitrogen functional groups attached to an aromatic ring is 1. The van der Waals surface area contributed by atoms with Gasteiger partial charge < -0.3 is 20.8 Å². The first kappa shape index (κ1) is 22.2. The zero-order chi connectivity index (χ0) is 24.5. The van der Waals surface area contributed by atoms with E-state index in [4.69, 9.17) is 15.5 Å². The van der Waals surface area contributed by atoms with Gasteiger partial charge in [-0.05, 0) is 66.2 Å². The van der Waals surface area contributed by atoms with Crippen molar-refractivity contribution in [1.82, 2.24) is 25.3 Å². The Balaban J connectivity index is 1.18. The zero-order valence-electron chi connectivity index (χ0n) is 19.4. The molecule has 0 saturated heterocycles. The Kier molecular flexibility index (Phi) is 5.82. The van der Waals surface area contributed by atoms with Crippen molar-refractivity contribution in [3.8, 4) is 17.0 Å². The number of hydrogen-bond acceptors (Lipinski definition) is 7. The van der Waals surface area contributed by atoms with E-state index in [1.807, 2.05) is 53.9 Å². The van der Waals surface area contributed by atoms with Crippen molar-refractivity contribution in [2.24, 2.45) is 0 Å². The number of fused-ring (bicyclic) bond motifs is 2. The normalized spacial score (nSPS) is 14.8. The van der Waals surface area contributed by atoms with Crippen LogP contribution in [0.25, 0.3) is 22.3 Å². The number of benzene rings is 2. The molecule has 0 bridgehead atoms. The number of ether oxygens (including phenoxy) is 1. The maximum Gasteiger partial charge on any atom is 0.251 e. The number of rotatable bonds is 6. The lowest BCUT2D eigenvalue weighted by Crippen LogP contribution is -2.26. The molecule has 0 aliphatic carbocycles. The van der Waals surface area contributed by atoms with E-state index in [0.29, 0.717) is 18.7 Å². The summed E-state index contributed by atoms with van der Waals surface area (Å²) in [4.78, 5) is 30.5. The van der Waals surface area contributed by atoms with Crippen LogP contribution in [0.5, 0.6) is 5.75 Å². The minimum absolute atomic E-state index is 0.0557. The van der Waals surface area contributed by atoms with E-state index < -0.39 is 0 Å².